The van der Waals surface area contributed by atoms with Crippen LogP contribution < -0.4 is 0 Å². The van der Waals surface area contributed by atoms with Gasteiger partial charge in [-0.1, -0.05) is 18.2 Å². The molecule has 0 spiro atoms. The van der Waals surface area contributed by atoms with E-state index in [0.29, 0.717) is 31.7 Å². The number of nitrogens with zero attached hydrogens (tertiary/aromatic N) is 2. The second-order valence-corrected chi connectivity index (χ2v) is 4.41. The molecule has 1 aromatic carbocycles. The molecule has 1 saturated heterocycles. The van der Waals surface area contributed by atoms with Gasteiger partial charge in [0, 0.05) is 44.9 Å². The molecule has 19 heavy (non-hydrogen) atoms. The van der Waals surface area contributed by atoms with Gasteiger partial charge in [-0.15, -0.1) is 0 Å². The third-order valence-corrected chi connectivity index (χ3v) is 3.07. The van der Waals surface area contributed by atoms with Crippen molar-refractivity contribution in [2.75, 3.05) is 26.2 Å². The average molecular weight is 256 g/mol. The number of ketones is 1. The highest BCUT2D eigenvalue weighted by atomic mass is 16.2. The summed E-state index contributed by atoms with van der Waals surface area (Å²) in [7, 11) is 0. The molecule has 4 heteroatoms. The molecule has 0 aromatic heterocycles. The van der Waals surface area contributed by atoms with Gasteiger partial charge in [-0.3, -0.25) is 9.59 Å². The Balaban J connectivity index is 1.90. The minimum Gasteiger partial charge on any atom is -0.374 e. The lowest BCUT2D eigenvalue weighted by Gasteiger charge is -2.34. The summed E-state index contributed by atoms with van der Waals surface area (Å²) in [6.45, 7) is 7.76. The third-order valence-electron chi connectivity index (χ3n) is 3.07. The van der Waals surface area contributed by atoms with Crippen LogP contribution in [0.2, 0.25) is 0 Å². The van der Waals surface area contributed by atoms with Gasteiger partial charge in [0.1, 0.15) is 0 Å². The fourth-order valence-corrected chi connectivity index (χ4v) is 2.02. The van der Waals surface area contributed by atoms with E-state index < -0.39 is 5.78 Å². The highest BCUT2D eigenvalue weighted by Crippen LogP contribution is 2.08. The minimum atomic E-state index is -0.456. The summed E-state index contributed by atoms with van der Waals surface area (Å²) in [5, 5.41) is 0. The summed E-state index contributed by atoms with van der Waals surface area (Å²) >= 11 is 0. The van der Waals surface area contributed by atoms with Gasteiger partial charge in [0.05, 0.1) is 0 Å². The van der Waals surface area contributed by atoms with Crippen molar-refractivity contribution in [2.24, 2.45) is 0 Å². The molecule has 0 unspecified atom stereocenters. The van der Waals surface area contributed by atoms with Crippen LogP contribution in [-0.2, 0) is 4.79 Å². The maximum Gasteiger partial charge on any atom is 0.253 e. The van der Waals surface area contributed by atoms with Gasteiger partial charge in [-0.05, 0) is 18.2 Å². The number of benzene rings is 1. The second-order valence-electron chi connectivity index (χ2n) is 4.41. The summed E-state index contributed by atoms with van der Waals surface area (Å²) in [4.78, 5) is 26.6. The van der Waals surface area contributed by atoms with Crippen molar-refractivity contribution >= 4 is 11.7 Å². The summed E-state index contributed by atoms with van der Waals surface area (Å²) in [5.41, 5.74) is 0.712. The van der Waals surface area contributed by atoms with E-state index in [1.807, 2.05) is 40.1 Å². The van der Waals surface area contributed by atoms with E-state index in [1.54, 1.807) is 6.20 Å². The predicted molar refractivity (Wildman–Crippen MR) is 72.4 cm³/mol. The molecule has 0 bridgehead atoms. The molecular formula is C15H16N2O2. The first-order chi connectivity index (χ1) is 9.16. The van der Waals surface area contributed by atoms with Crippen molar-refractivity contribution in [2.45, 2.75) is 0 Å². The van der Waals surface area contributed by atoms with Crippen molar-refractivity contribution in [1.82, 2.24) is 9.80 Å². The number of hydrogen-bond acceptors (Lipinski definition) is 3. The van der Waals surface area contributed by atoms with Crippen LogP contribution in [0.4, 0.5) is 0 Å². The zero-order valence-electron chi connectivity index (χ0n) is 10.7. The third kappa shape index (κ3) is 3.68. The number of allylic oxidation sites excluding steroid dienone is 1. The molecule has 1 aliphatic heterocycles. The minimum absolute atomic E-state index is 0.0548. The van der Waals surface area contributed by atoms with Crippen molar-refractivity contribution in [3.05, 3.63) is 55.1 Å². The highest BCUT2D eigenvalue weighted by molar-refractivity contribution is 5.94. The van der Waals surface area contributed by atoms with E-state index in [9.17, 15) is 9.59 Å². The Morgan fingerprint density at radius 3 is 2.26 bits per heavy atom. The number of hydrogen-bond donors (Lipinski definition) is 0. The lowest BCUT2D eigenvalue weighted by molar-refractivity contribution is -0.110. The lowest BCUT2D eigenvalue weighted by Crippen LogP contribution is -2.46. The Labute approximate surface area is 113 Å². The average Bonchev–Trinajstić information content (AvgIpc) is 2.46. The fourth-order valence-electron chi connectivity index (χ4n) is 2.02. The van der Waals surface area contributed by atoms with Crippen molar-refractivity contribution in [3.8, 4) is 0 Å². The zero-order chi connectivity index (χ0) is 13.7. The smallest absolute Gasteiger partial charge is 0.253 e. The van der Waals surface area contributed by atoms with Crippen LogP contribution in [0.5, 0.6) is 0 Å². The molecule has 0 atom stereocenters. The van der Waals surface area contributed by atoms with Crippen molar-refractivity contribution < 1.29 is 9.59 Å². The maximum atomic E-state index is 12.2. The van der Waals surface area contributed by atoms with Gasteiger partial charge in [-0.25, -0.2) is 0 Å². The molecule has 0 N–H and O–H groups in total. The molecule has 4 nitrogen and oxygen atoms in total. The van der Waals surface area contributed by atoms with E-state index in [4.69, 9.17) is 6.92 Å². The normalized spacial score (nSPS) is 15.8. The maximum absolute atomic E-state index is 12.2. The first kappa shape index (κ1) is 13.3. The number of piperazine rings is 1. The Morgan fingerprint density at radius 1 is 1.05 bits per heavy atom. The molecule has 1 aromatic rings. The van der Waals surface area contributed by atoms with Gasteiger partial charge in [0.25, 0.3) is 5.91 Å². The predicted octanol–water partition coefficient (Wildman–Crippen LogP) is 1.24. The van der Waals surface area contributed by atoms with Gasteiger partial charge in [0.15, 0.2) is 5.78 Å². The van der Waals surface area contributed by atoms with Gasteiger partial charge >= 0.3 is 0 Å². The van der Waals surface area contributed by atoms with Crippen LogP contribution in [-0.4, -0.2) is 47.7 Å². The van der Waals surface area contributed by atoms with Gasteiger partial charge < -0.3 is 9.80 Å². The zero-order valence-corrected chi connectivity index (χ0v) is 10.7. The molecule has 0 aliphatic carbocycles. The van der Waals surface area contributed by atoms with E-state index in [0.717, 1.165) is 0 Å². The summed E-state index contributed by atoms with van der Waals surface area (Å²) in [5.74, 6) is -0.401. The molecule has 1 fully saturated rings. The van der Waals surface area contributed by atoms with Gasteiger partial charge in [0.2, 0.25) is 0 Å². The number of rotatable bonds is 3. The quantitative estimate of drug-likeness (QED) is 0.764. The van der Waals surface area contributed by atoms with E-state index in [1.165, 1.54) is 6.08 Å². The SMILES string of the molecule is [CH]C(=O)/C=C/N1CCN(C(=O)c2ccccc2)CC1. The first-order valence-corrected chi connectivity index (χ1v) is 6.23. The Morgan fingerprint density at radius 2 is 1.68 bits per heavy atom. The Bertz CT molecular complexity index is 474. The number of amides is 1. The number of carbonyl (C=O) groups excluding carboxylic acids is 2. The van der Waals surface area contributed by atoms with E-state index >= 15 is 0 Å². The number of carbonyl (C=O) groups is 2. The molecule has 1 aliphatic rings. The van der Waals surface area contributed by atoms with Crippen LogP contribution in [0.25, 0.3) is 0 Å². The van der Waals surface area contributed by atoms with Crippen LogP contribution in [0, 0.1) is 6.92 Å². The molecule has 2 rings (SSSR count). The highest BCUT2D eigenvalue weighted by Gasteiger charge is 2.20. The monoisotopic (exact) mass is 256 g/mol. The summed E-state index contributed by atoms with van der Waals surface area (Å²) in [6.07, 6.45) is 3.03. The Hall–Kier alpha value is -2.10. The fraction of sp³-hybridized carbons (Fsp3) is 0.267. The molecule has 0 saturated carbocycles. The lowest BCUT2D eigenvalue weighted by atomic mass is 10.2. The summed E-state index contributed by atoms with van der Waals surface area (Å²) < 4.78 is 0. The molecule has 1 heterocycles. The largest absolute Gasteiger partial charge is 0.374 e. The van der Waals surface area contributed by atoms with Crippen LogP contribution in [0.1, 0.15) is 10.4 Å². The topological polar surface area (TPSA) is 40.6 Å². The van der Waals surface area contributed by atoms with Crippen LogP contribution >= 0.6 is 0 Å². The van der Waals surface area contributed by atoms with Gasteiger partial charge in [-0.2, -0.15) is 0 Å². The van der Waals surface area contributed by atoms with E-state index in [-0.39, 0.29) is 5.91 Å². The van der Waals surface area contributed by atoms with Crippen LogP contribution in [0.3, 0.4) is 0 Å². The Kier molecular flexibility index (Phi) is 4.34. The van der Waals surface area contributed by atoms with Crippen LogP contribution in [0.15, 0.2) is 42.6 Å². The van der Waals surface area contributed by atoms with E-state index in [2.05, 4.69) is 0 Å². The molecule has 2 radical (unpaired) electrons. The molecule has 98 valence electrons. The van der Waals surface area contributed by atoms with Crippen molar-refractivity contribution in [1.29, 1.82) is 0 Å². The van der Waals surface area contributed by atoms with Crippen molar-refractivity contribution in [3.63, 3.8) is 0 Å². The standard InChI is InChI=1S/C15H16N2O2/c1-13(18)7-8-16-9-11-17(12-10-16)15(19)14-5-3-2-4-6-14/h1-8H,9-12H2/b8-7+. The molecular weight excluding hydrogens is 240 g/mol. The summed E-state index contributed by atoms with van der Waals surface area (Å²) in [6, 6.07) is 9.25. The first-order valence-electron chi connectivity index (χ1n) is 6.23. The second kappa shape index (κ2) is 6.18. The molecule has 1 amide bonds.